The molecule has 7 heteroatoms. The number of aromatic nitrogens is 1. The van der Waals surface area contributed by atoms with Gasteiger partial charge in [0.05, 0.1) is 24.5 Å². The van der Waals surface area contributed by atoms with Crippen molar-refractivity contribution < 1.29 is 9.53 Å². The molecule has 1 fully saturated rings. The van der Waals surface area contributed by atoms with Gasteiger partial charge in [0.15, 0.2) is 0 Å². The number of methoxy groups -OCH3 is 1. The van der Waals surface area contributed by atoms with Crippen LogP contribution in [0.1, 0.15) is 36.7 Å². The van der Waals surface area contributed by atoms with Crippen LogP contribution in [0.25, 0.3) is 22.0 Å². The molecular formula is C33H37N5O2. The SMILES string of the molecule is COc1cc2c(cc1C1NCC(C)N(C)C1C)N(C(=O)Nc1cccc3c(-c4cccc(C)n4)cccc13)CC2. The molecule has 4 aromatic rings. The lowest BCUT2D eigenvalue weighted by Crippen LogP contribution is -2.54. The minimum absolute atomic E-state index is 0.110. The van der Waals surface area contributed by atoms with Gasteiger partial charge in [-0.05, 0) is 75.5 Å². The largest absolute Gasteiger partial charge is 0.496 e. The average Bonchev–Trinajstić information content (AvgIpc) is 3.38. The molecule has 6 rings (SSSR count). The Morgan fingerprint density at radius 1 is 1.05 bits per heavy atom. The summed E-state index contributed by atoms with van der Waals surface area (Å²) in [6, 6.07) is 23.3. The highest BCUT2D eigenvalue weighted by atomic mass is 16.5. The summed E-state index contributed by atoms with van der Waals surface area (Å²) in [5, 5.41) is 8.98. The first-order valence-corrected chi connectivity index (χ1v) is 14.1. The Kier molecular flexibility index (Phi) is 6.94. The van der Waals surface area contributed by atoms with E-state index in [1.54, 1.807) is 7.11 Å². The number of amides is 2. The number of ether oxygens (including phenoxy) is 1. The smallest absolute Gasteiger partial charge is 0.326 e. The van der Waals surface area contributed by atoms with Gasteiger partial charge in [-0.15, -0.1) is 0 Å². The predicted octanol–water partition coefficient (Wildman–Crippen LogP) is 6.17. The molecule has 0 aliphatic carbocycles. The Morgan fingerprint density at radius 2 is 1.82 bits per heavy atom. The zero-order valence-corrected chi connectivity index (χ0v) is 23.9. The maximum atomic E-state index is 13.8. The third-order valence-electron chi connectivity index (χ3n) is 8.69. The van der Waals surface area contributed by atoms with E-state index in [9.17, 15) is 4.79 Å². The second-order valence-corrected chi connectivity index (χ2v) is 11.1. The fourth-order valence-electron chi connectivity index (χ4n) is 6.20. The van der Waals surface area contributed by atoms with Gasteiger partial charge in [-0.2, -0.15) is 0 Å². The first kappa shape index (κ1) is 26.3. The van der Waals surface area contributed by atoms with Crippen molar-refractivity contribution in [2.24, 2.45) is 0 Å². The highest BCUT2D eigenvalue weighted by Crippen LogP contribution is 2.40. The monoisotopic (exact) mass is 535 g/mol. The summed E-state index contributed by atoms with van der Waals surface area (Å²) in [5.74, 6) is 0.875. The van der Waals surface area contributed by atoms with Gasteiger partial charge in [-0.1, -0.05) is 36.4 Å². The van der Waals surface area contributed by atoms with Crippen molar-refractivity contribution in [3.63, 3.8) is 0 Å². The van der Waals surface area contributed by atoms with Gasteiger partial charge >= 0.3 is 6.03 Å². The van der Waals surface area contributed by atoms with Crippen molar-refractivity contribution in [2.75, 3.05) is 37.5 Å². The Bertz CT molecular complexity index is 1580. The van der Waals surface area contributed by atoms with E-state index in [2.05, 4.69) is 66.8 Å². The second kappa shape index (κ2) is 10.6. The van der Waals surface area contributed by atoms with E-state index >= 15 is 0 Å². The van der Waals surface area contributed by atoms with Crippen LogP contribution in [0.4, 0.5) is 16.2 Å². The fourth-order valence-corrected chi connectivity index (χ4v) is 6.20. The van der Waals surface area contributed by atoms with E-state index in [0.717, 1.165) is 68.9 Å². The maximum Gasteiger partial charge on any atom is 0.326 e. The molecule has 2 N–H and O–H groups in total. The molecule has 0 bridgehead atoms. The number of rotatable bonds is 4. The van der Waals surface area contributed by atoms with Crippen LogP contribution in [-0.4, -0.2) is 55.2 Å². The number of aryl methyl sites for hydroxylation is 1. The topological polar surface area (TPSA) is 69.7 Å². The van der Waals surface area contributed by atoms with Crippen LogP contribution in [-0.2, 0) is 6.42 Å². The van der Waals surface area contributed by atoms with Crippen LogP contribution < -0.4 is 20.3 Å². The normalized spacial score (nSPS) is 20.9. The Morgan fingerprint density at radius 3 is 2.62 bits per heavy atom. The van der Waals surface area contributed by atoms with Gasteiger partial charge in [-0.25, -0.2) is 4.79 Å². The zero-order chi connectivity index (χ0) is 28.0. The summed E-state index contributed by atoms with van der Waals surface area (Å²) in [7, 11) is 3.90. The molecule has 3 unspecified atom stereocenters. The Hall–Kier alpha value is -3.94. The summed E-state index contributed by atoms with van der Waals surface area (Å²) >= 11 is 0. The Labute approximate surface area is 236 Å². The van der Waals surface area contributed by atoms with E-state index in [4.69, 9.17) is 9.72 Å². The number of carbonyl (C=O) groups excluding carboxylic acids is 1. The molecular weight excluding hydrogens is 498 g/mol. The summed E-state index contributed by atoms with van der Waals surface area (Å²) < 4.78 is 5.85. The van der Waals surface area contributed by atoms with E-state index in [1.807, 2.05) is 48.2 Å². The molecule has 1 aromatic heterocycles. The number of benzene rings is 3. The van der Waals surface area contributed by atoms with E-state index in [-0.39, 0.29) is 18.1 Å². The van der Waals surface area contributed by atoms with Crippen molar-refractivity contribution in [1.82, 2.24) is 15.2 Å². The van der Waals surface area contributed by atoms with Crippen LogP contribution in [0.2, 0.25) is 0 Å². The molecule has 7 nitrogen and oxygen atoms in total. The minimum Gasteiger partial charge on any atom is -0.496 e. The van der Waals surface area contributed by atoms with Crippen LogP contribution in [0.15, 0.2) is 66.7 Å². The molecule has 3 atom stereocenters. The number of hydrogen-bond donors (Lipinski definition) is 2. The van der Waals surface area contributed by atoms with Gasteiger partial charge in [0, 0.05) is 53.1 Å². The molecule has 0 radical (unpaired) electrons. The molecule has 0 spiro atoms. The zero-order valence-electron chi connectivity index (χ0n) is 23.9. The van der Waals surface area contributed by atoms with E-state index in [0.29, 0.717) is 12.6 Å². The number of anilines is 2. The number of hydrogen-bond acceptors (Lipinski definition) is 5. The number of nitrogens with zero attached hydrogens (tertiary/aromatic N) is 3. The highest BCUT2D eigenvalue weighted by Gasteiger charge is 2.34. The van der Waals surface area contributed by atoms with Crippen molar-refractivity contribution in [2.45, 2.75) is 45.3 Å². The van der Waals surface area contributed by atoms with Gasteiger partial charge in [0.1, 0.15) is 5.75 Å². The summed E-state index contributed by atoms with van der Waals surface area (Å²) in [5.41, 5.74) is 6.91. The summed E-state index contributed by atoms with van der Waals surface area (Å²) in [6.07, 6.45) is 0.794. The highest BCUT2D eigenvalue weighted by molar-refractivity contribution is 6.10. The van der Waals surface area contributed by atoms with Crippen molar-refractivity contribution in [3.05, 3.63) is 83.6 Å². The number of likely N-dealkylation sites (N-methyl/N-ethyl adjacent to an activating group) is 1. The predicted molar refractivity (Wildman–Crippen MR) is 162 cm³/mol. The third kappa shape index (κ3) is 4.59. The molecule has 2 aliphatic rings. The van der Waals surface area contributed by atoms with Crippen LogP contribution in [0.5, 0.6) is 5.75 Å². The third-order valence-corrected chi connectivity index (χ3v) is 8.69. The standard InChI is InChI=1S/C33H37N5O2/c1-20-9-6-13-28(35-20)25-11-7-12-26-24(25)10-8-14-29(26)36-33(39)38-16-15-23-17-31(40-5)27(18-30(23)38)32-22(3)37(4)21(2)19-34-32/h6-14,17-18,21-22,32,34H,15-16,19H2,1-5H3,(H,36,39). The second-order valence-electron chi connectivity index (χ2n) is 11.1. The van der Waals surface area contributed by atoms with Crippen LogP contribution in [0.3, 0.4) is 0 Å². The lowest BCUT2D eigenvalue weighted by atomic mass is 9.93. The Balaban J connectivity index is 1.32. The average molecular weight is 536 g/mol. The van der Waals surface area contributed by atoms with Crippen LogP contribution >= 0.6 is 0 Å². The van der Waals surface area contributed by atoms with Gasteiger partial charge in [0.25, 0.3) is 0 Å². The molecule has 2 aliphatic heterocycles. The summed E-state index contributed by atoms with van der Waals surface area (Å²) in [4.78, 5) is 22.8. The van der Waals surface area contributed by atoms with Gasteiger partial charge in [-0.3, -0.25) is 14.8 Å². The van der Waals surface area contributed by atoms with E-state index < -0.39 is 0 Å². The van der Waals surface area contributed by atoms with Crippen molar-refractivity contribution in [3.8, 4) is 17.0 Å². The molecule has 0 saturated carbocycles. The lowest BCUT2D eigenvalue weighted by Gasteiger charge is -2.43. The molecule has 2 amide bonds. The minimum atomic E-state index is -0.128. The molecule has 1 saturated heterocycles. The quantitative estimate of drug-likeness (QED) is 0.327. The first-order valence-electron chi connectivity index (χ1n) is 14.1. The van der Waals surface area contributed by atoms with Gasteiger partial charge in [0.2, 0.25) is 0 Å². The van der Waals surface area contributed by atoms with E-state index in [1.165, 1.54) is 0 Å². The number of pyridine rings is 1. The number of piperazine rings is 1. The summed E-state index contributed by atoms with van der Waals surface area (Å²) in [6.45, 7) is 8.00. The van der Waals surface area contributed by atoms with Crippen LogP contribution in [0, 0.1) is 6.92 Å². The molecule has 206 valence electrons. The number of nitrogens with one attached hydrogen (secondary N) is 2. The lowest BCUT2D eigenvalue weighted by molar-refractivity contribution is 0.110. The molecule has 3 heterocycles. The van der Waals surface area contributed by atoms with Gasteiger partial charge < -0.3 is 15.4 Å². The molecule has 40 heavy (non-hydrogen) atoms. The number of urea groups is 1. The maximum absolute atomic E-state index is 13.8. The van der Waals surface area contributed by atoms with Crippen molar-refractivity contribution >= 4 is 28.2 Å². The number of fused-ring (bicyclic) bond motifs is 2. The fraction of sp³-hybridized carbons (Fsp3) is 0.333. The number of carbonyl (C=O) groups is 1. The van der Waals surface area contributed by atoms with Crippen molar-refractivity contribution in [1.29, 1.82) is 0 Å². The first-order chi connectivity index (χ1) is 19.4. The molecule has 3 aromatic carbocycles.